The largest absolute Gasteiger partial charge is 0.295 e. The lowest BCUT2D eigenvalue weighted by atomic mass is 9.93. The van der Waals surface area contributed by atoms with Crippen molar-refractivity contribution in [2.75, 3.05) is 0 Å². The summed E-state index contributed by atoms with van der Waals surface area (Å²) in [7, 11) is 0. The molecule has 54 valence electrons. The maximum Gasteiger partial charge on any atom is 0.176 e. The van der Waals surface area contributed by atoms with Crippen LogP contribution >= 0.6 is 11.6 Å². The van der Waals surface area contributed by atoms with E-state index in [4.69, 9.17) is 11.6 Å². The molecule has 0 aromatic rings. The number of alkyl halides is 1. The lowest BCUT2D eigenvalue weighted by Gasteiger charge is -2.19. The van der Waals surface area contributed by atoms with E-state index in [1.54, 1.807) is 6.92 Å². The number of allylic oxidation sites excluding steroid dienone is 2. The van der Waals surface area contributed by atoms with Gasteiger partial charge in [-0.3, -0.25) is 9.59 Å². The minimum absolute atomic E-state index is 0.0860. The summed E-state index contributed by atoms with van der Waals surface area (Å²) in [5, 5.41) is 0. The molecule has 1 atom stereocenters. The first kappa shape index (κ1) is 7.48. The molecule has 0 heterocycles. The molecular formula is C7H7ClO2. The normalized spacial score (nSPS) is 33.0. The highest BCUT2D eigenvalue weighted by molar-refractivity contribution is 6.39. The molecule has 1 rings (SSSR count). The fourth-order valence-corrected chi connectivity index (χ4v) is 1.01. The summed E-state index contributed by atoms with van der Waals surface area (Å²) in [6, 6.07) is 0. The van der Waals surface area contributed by atoms with Crippen LogP contribution in [0.4, 0.5) is 0 Å². The summed E-state index contributed by atoms with van der Waals surface area (Å²) in [6.07, 6.45) is 2.62. The number of carbonyl (C=O) groups excluding carboxylic acids is 2. The van der Waals surface area contributed by atoms with Crippen LogP contribution in [0.3, 0.4) is 0 Å². The number of halogens is 1. The Bertz CT molecular complexity index is 216. The number of ketones is 2. The molecule has 0 N–H and O–H groups in total. The predicted molar refractivity (Wildman–Crippen MR) is 38.0 cm³/mol. The highest BCUT2D eigenvalue weighted by Gasteiger charge is 2.33. The minimum Gasteiger partial charge on any atom is -0.295 e. The molecule has 0 spiro atoms. The summed E-state index contributed by atoms with van der Waals surface area (Å²) < 4.78 is 0. The number of rotatable bonds is 0. The first-order valence-corrected chi connectivity index (χ1v) is 3.34. The van der Waals surface area contributed by atoms with Crippen LogP contribution < -0.4 is 0 Å². The van der Waals surface area contributed by atoms with Gasteiger partial charge in [0.05, 0.1) is 0 Å². The van der Waals surface area contributed by atoms with Crippen LogP contribution in [0.2, 0.25) is 0 Å². The van der Waals surface area contributed by atoms with E-state index in [2.05, 4.69) is 0 Å². The van der Waals surface area contributed by atoms with E-state index in [9.17, 15) is 9.59 Å². The first-order chi connectivity index (χ1) is 4.52. The second-order valence-electron chi connectivity index (χ2n) is 2.54. The molecule has 0 saturated carbocycles. The van der Waals surface area contributed by atoms with E-state index in [0.717, 1.165) is 0 Å². The molecule has 0 aromatic heterocycles. The zero-order chi connectivity index (χ0) is 7.78. The third-order valence-electron chi connectivity index (χ3n) is 1.44. The standard InChI is InChI=1S/C7H7ClO2/c1-7(8)4-5(9)2-3-6(7)10/h2-3H,4H2,1H3. The Kier molecular flexibility index (Phi) is 1.65. The van der Waals surface area contributed by atoms with Crippen molar-refractivity contribution in [3.8, 4) is 0 Å². The van der Waals surface area contributed by atoms with Gasteiger partial charge in [-0.25, -0.2) is 0 Å². The van der Waals surface area contributed by atoms with Gasteiger partial charge in [0.1, 0.15) is 4.87 Å². The van der Waals surface area contributed by atoms with Gasteiger partial charge in [-0.15, -0.1) is 11.6 Å². The molecule has 10 heavy (non-hydrogen) atoms. The minimum atomic E-state index is -0.994. The van der Waals surface area contributed by atoms with Gasteiger partial charge in [0.25, 0.3) is 0 Å². The van der Waals surface area contributed by atoms with Crippen molar-refractivity contribution >= 4 is 23.2 Å². The summed E-state index contributed by atoms with van der Waals surface area (Å²) in [5.74, 6) is -0.272. The Morgan fingerprint density at radius 3 is 2.50 bits per heavy atom. The van der Waals surface area contributed by atoms with Gasteiger partial charge in [-0.2, -0.15) is 0 Å². The van der Waals surface area contributed by atoms with Crippen molar-refractivity contribution in [2.45, 2.75) is 18.2 Å². The Labute approximate surface area is 63.9 Å². The van der Waals surface area contributed by atoms with E-state index >= 15 is 0 Å². The summed E-state index contributed by atoms with van der Waals surface area (Å²) in [5.41, 5.74) is 0. The van der Waals surface area contributed by atoms with Crippen molar-refractivity contribution < 1.29 is 9.59 Å². The molecule has 0 fully saturated rings. The van der Waals surface area contributed by atoms with Gasteiger partial charge in [0.2, 0.25) is 0 Å². The third-order valence-corrected chi connectivity index (χ3v) is 1.76. The Hall–Kier alpha value is -0.630. The van der Waals surface area contributed by atoms with E-state index in [-0.39, 0.29) is 18.0 Å². The Morgan fingerprint density at radius 2 is 2.10 bits per heavy atom. The summed E-state index contributed by atoms with van der Waals surface area (Å²) >= 11 is 5.70. The molecule has 1 aliphatic rings. The van der Waals surface area contributed by atoms with Crippen LogP contribution in [-0.2, 0) is 9.59 Å². The quantitative estimate of drug-likeness (QED) is 0.495. The van der Waals surface area contributed by atoms with Gasteiger partial charge in [0, 0.05) is 6.42 Å². The van der Waals surface area contributed by atoms with E-state index < -0.39 is 4.87 Å². The van der Waals surface area contributed by atoms with Crippen LogP contribution in [-0.4, -0.2) is 16.4 Å². The topological polar surface area (TPSA) is 34.1 Å². The summed E-state index contributed by atoms with van der Waals surface area (Å²) in [4.78, 5) is 20.6. The first-order valence-electron chi connectivity index (χ1n) is 2.97. The monoisotopic (exact) mass is 158 g/mol. The van der Waals surface area contributed by atoms with E-state index in [1.165, 1.54) is 12.2 Å². The molecule has 0 radical (unpaired) electrons. The highest BCUT2D eigenvalue weighted by atomic mass is 35.5. The fraction of sp³-hybridized carbons (Fsp3) is 0.429. The van der Waals surface area contributed by atoms with Crippen LogP contribution in [0.1, 0.15) is 13.3 Å². The molecule has 1 unspecified atom stereocenters. The number of hydrogen-bond donors (Lipinski definition) is 0. The second-order valence-corrected chi connectivity index (χ2v) is 3.37. The Morgan fingerprint density at radius 1 is 1.50 bits per heavy atom. The van der Waals surface area contributed by atoms with Crippen LogP contribution in [0.5, 0.6) is 0 Å². The predicted octanol–water partition coefficient (Wildman–Crippen LogP) is 1.08. The summed E-state index contributed by atoms with van der Waals surface area (Å²) in [6.45, 7) is 1.55. The van der Waals surface area contributed by atoms with Gasteiger partial charge in [-0.05, 0) is 19.1 Å². The maximum absolute atomic E-state index is 10.9. The Balaban J connectivity index is 2.93. The second kappa shape index (κ2) is 2.20. The number of hydrogen-bond acceptors (Lipinski definition) is 2. The molecule has 0 bridgehead atoms. The average Bonchev–Trinajstić information content (AvgIpc) is 1.78. The smallest absolute Gasteiger partial charge is 0.176 e. The number of carbonyl (C=O) groups is 2. The SMILES string of the molecule is CC1(Cl)CC(=O)C=CC1=O. The fourth-order valence-electron chi connectivity index (χ4n) is 0.816. The highest BCUT2D eigenvalue weighted by Crippen LogP contribution is 2.24. The van der Waals surface area contributed by atoms with Gasteiger partial charge in [0.15, 0.2) is 11.6 Å². The zero-order valence-electron chi connectivity index (χ0n) is 5.56. The van der Waals surface area contributed by atoms with Crippen molar-refractivity contribution in [1.82, 2.24) is 0 Å². The van der Waals surface area contributed by atoms with Crippen LogP contribution in [0.25, 0.3) is 0 Å². The van der Waals surface area contributed by atoms with E-state index in [0.29, 0.717) is 0 Å². The van der Waals surface area contributed by atoms with Gasteiger partial charge in [-0.1, -0.05) is 0 Å². The molecule has 3 heteroatoms. The van der Waals surface area contributed by atoms with Crippen molar-refractivity contribution in [3.63, 3.8) is 0 Å². The molecule has 0 aliphatic heterocycles. The lowest BCUT2D eigenvalue weighted by molar-refractivity contribution is -0.123. The van der Waals surface area contributed by atoms with Crippen molar-refractivity contribution in [2.24, 2.45) is 0 Å². The van der Waals surface area contributed by atoms with Gasteiger partial charge < -0.3 is 0 Å². The van der Waals surface area contributed by atoms with Crippen LogP contribution in [0, 0.1) is 0 Å². The molecular weight excluding hydrogens is 152 g/mol. The van der Waals surface area contributed by atoms with E-state index in [1.807, 2.05) is 0 Å². The van der Waals surface area contributed by atoms with Crippen molar-refractivity contribution in [3.05, 3.63) is 12.2 Å². The van der Waals surface area contributed by atoms with Gasteiger partial charge >= 0.3 is 0 Å². The molecule has 0 aromatic carbocycles. The zero-order valence-corrected chi connectivity index (χ0v) is 6.31. The molecule has 2 nitrogen and oxygen atoms in total. The third kappa shape index (κ3) is 1.27. The maximum atomic E-state index is 10.9. The van der Waals surface area contributed by atoms with Crippen molar-refractivity contribution in [1.29, 1.82) is 0 Å². The molecule has 0 amide bonds. The molecule has 1 aliphatic carbocycles. The average molecular weight is 159 g/mol. The van der Waals surface area contributed by atoms with Crippen LogP contribution in [0.15, 0.2) is 12.2 Å². The lowest BCUT2D eigenvalue weighted by Crippen LogP contribution is -2.32. The molecule has 0 saturated heterocycles.